The van der Waals surface area contributed by atoms with Crippen LogP contribution in [0.2, 0.25) is 0 Å². The molecule has 2 unspecified atom stereocenters. The zero-order valence-corrected chi connectivity index (χ0v) is 11.8. The molecule has 96 valence electrons. The average molecular weight is 254 g/mol. The first-order chi connectivity index (χ1) is 8.16. The van der Waals surface area contributed by atoms with E-state index in [2.05, 4.69) is 31.1 Å². The maximum absolute atomic E-state index is 5.38. The SMILES string of the molecule is Cc1nc(C(C)NCCC2CCOC2)c(C)s1. The van der Waals surface area contributed by atoms with Crippen LogP contribution in [0.1, 0.15) is 41.4 Å². The third-order valence-corrected chi connectivity index (χ3v) is 4.28. The zero-order chi connectivity index (χ0) is 12.3. The van der Waals surface area contributed by atoms with Crippen LogP contribution in [0.5, 0.6) is 0 Å². The van der Waals surface area contributed by atoms with Crippen molar-refractivity contribution in [2.45, 2.75) is 39.7 Å². The highest BCUT2D eigenvalue weighted by molar-refractivity contribution is 7.11. The minimum atomic E-state index is 0.363. The normalized spacial score (nSPS) is 21.9. The van der Waals surface area contributed by atoms with Crippen molar-refractivity contribution in [3.05, 3.63) is 15.6 Å². The van der Waals surface area contributed by atoms with Gasteiger partial charge in [-0.25, -0.2) is 4.98 Å². The number of nitrogens with zero attached hydrogens (tertiary/aromatic N) is 1. The molecule has 1 aliphatic rings. The second-order valence-electron chi connectivity index (χ2n) is 4.87. The predicted octanol–water partition coefficient (Wildman–Crippen LogP) is 2.84. The molecule has 2 atom stereocenters. The van der Waals surface area contributed by atoms with Crippen molar-refractivity contribution in [2.75, 3.05) is 19.8 Å². The van der Waals surface area contributed by atoms with Crippen LogP contribution in [0.4, 0.5) is 0 Å². The lowest BCUT2D eigenvalue weighted by Crippen LogP contribution is -2.22. The number of nitrogens with one attached hydrogen (secondary N) is 1. The van der Waals surface area contributed by atoms with Crippen LogP contribution in [0.25, 0.3) is 0 Å². The minimum Gasteiger partial charge on any atom is -0.381 e. The second kappa shape index (κ2) is 5.94. The molecule has 3 nitrogen and oxygen atoms in total. The van der Waals surface area contributed by atoms with Crippen LogP contribution in [-0.4, -0.2) is 24.7 Å². The van der Waals surface area contributed by atoms with Gasteiger partial charge < -0.3 is 10.1 Å². The molecule has 0 aliphatic carbocycles. The van der Waals surface area contributed by atoms with Gasteiger partial charge in [0.15, 0.2) is 0 Å². The van der Waals surface area contributed by atoms with Crippen LogP contribution in [-0.2, 0) is 4.74 Å². The Bertz CT molecular complexity index is 358. The number of aryl methyl sites for hydroxylation is 2. The van der Waals surface area contributed by atoms with Gasteiger partial charge in [0.2, 0.25) is 0 Å². The van der Waals surface area contributed by atoms with Crippen molar-refractivity contribution in [3.63, 3.8) is 0 Å². The van der Waals surface area contributed by atoms with E-state index in [-0.39, 0.29) is 0 Å². The van der Waals surface area contributed by atoms with E-state index in [1.807, 2.05) is 0 Å². The first kappa shape index (κ1) is 13.0. The molecule has 2 heterocycles. The third kappa shape index (κ3) is 3.50. The molecule has 1 saturated heterocycles. The molecule has 2 rings (SSSR count). The average Bonchev–Trinajstić information content (AvgIpc) is 2.88. The van der Waals surface area contributed by atoms with Gasteiger partial charge in [0.25, 0.3) is 0 Å². The summed E-state index contributed by atoms with van der Waals surface area (Å²) in [6, 6.07) is 0.363. The first-order valence-corrected chi connectivity index (χ1v) is 7.23. The molecule has 0 saturated carbocycles. The molecule has 1 aromatic heterocycles. The van der Waals surface area contributed by atoms with Gasteiger partial charge in [0.1, 0.15) is 0 Å². The highest BCUT2D eigenvalue weighted by Crippen LogP contribution is 2.22. The molecule has 1 N–H and O–H groups in total. The molecule has 0 amide bonds. The molecule has 0 spiro atoms. The molecule has 1 aliphatic heterocycles. The van der Waals surface area contributed by atoms with Crippen LogP contribution in [0.3, 0.4) is 0 Å². The van der Waals surface area contributed by atoms with Crippen molar-refractivity contribution in [1.29, 1.82) is 0 Å². The maximum Gasteiger partial charge on any atom is 0.0900 e. The largest absolute Gasteiger partial charge is 0.381 e. The summed E-state index contributed by atoms with van der Waals surface area (Å²) in [7, 11) is 0. The molecular formula is C13H22N2OS. The number of aromatic nitrogens is 1. The van der Waals surface area contributed by atoms with Crippen LogP contribution in [0, 0.1) is 19.8 Å². The van der Waals surface area contributed by atoms with E-state index in [9.17, 15) is 0 Å². The third-order valence-electron chi connectivity index (χ3n) is 3.38. The Morgan fingerprint density at radius 2 is 2.35 bits per heavy atom. The summed E-state index contributed by atoms with van der Waals surface area (Å²) in [5.74, 6) is 0.757. The Morgan fingerprint density at radius 1 is 1.53 bits per heavy atom. The molecule has 1 fully saturated rings. The summed E-state index contributed by atoms with van der Waals surface area (Å²) in [5.41, 5.74) is 1.22. The van der Waals surface area contributed by atoms with Gasteiger partial charge >= 0.3 is 0 Å². The molecule has 17 heavy (non-hydrogen) atoms. The quantitative estimate of drug-likeness (QED) is 0.877. The van der Waals surface area contributed by atoms with Gasteiger partial charge in [-0.15, -0.1) is 11.3 Å². The number of rotatable bonds is 5. The lowest BCUT2D eigenvalue weighted by molar-refractivity contribution is 0.184. The molecule has 0 aromatic carbocycles. The number of hydrogen-bond donors (Lipinski definition) is 1. The van der Waals surface area contributed by atoms with Gasteiger partial charge in [-0.2, -0.15) is 0 Å². The molecule has 4 heteroatoms. The summed E-state index contributed by atoms with van der Waals surface area (Å²) in [6.07, 6.45) is 2.44. The summed E-state index contributed by atoms with van der Waals surface area (Å²) in [4.78, 5) is 5.93. The van der Waals surface area contributed by atoms with E-state index >= 15 is 0 Å². The standard InChI is InChI=1S/C13H22N2OS/c1-9(13-10(2)17-11(3)15-13)14-6-4-12-5-7-16-8-12/h9,12,14H,4-8H2,1-3H3. The number of ether oxygens (including phenoxy) is 1. The van der Waals surface area contributed by atoms with E-state index in [0.29, 0.717) is 6.04 Å². The fourth-order valence-corrected chi connectivity index (χ4v) is 3.27. The van der Waals surface area contributed by atoms with Crippen molar-refractivity contribution >= 4 is 11.3 Å². The predicted molar refractivity (Wildman–Crippen MR) is 71.5 cm³/mol. The molecule has 0 bridgehead atoms. The summed E-state index contributed by atoms with van der Waals surface area (Å²) >= 11 is 1.79. The molecule has 0 radical (unpaired) electrons. The smallest absolute Gasteiger partial charge is 0.0900 e. The first-order valence-electron chi connectivity index (χ1n) is 6.42. The molecular weight excluding hydrogens is 232 g/mol. The van der Waals surface area contributed by atoms with E-state index in [1.165, 1.54) is 23.4 Å². The summed E-state index contributed by atoms with van der Waals surface area (Å²) in [5, 5.41) is 4.73. The maximum atomic E-state index is 5.38. The van der Waals surface area contributed by atoms with Gasteiger partial charge in [-0.3, -0.25) is 0 Å². The Kier molecular flexibility index (Phi) is 4.54. The van der Waals surface area contributed by atoms with Crippen molar-refractivity contribution in [1.82, 2.24) is 10.3 Å². The lowest BCUT2D eigenvalue weighted by Gasteiger charge is -2.14. The minimum absolute atomic E-state index is 0.363. The van der Waals surface area contributed by atoms with Gasteiger partial charge in [0.05, 0.1) is 10.7 Å². The zero-order valence-electron chi connectivity index (χ0n) is 11.0. The fourth-order valence-electron chi connectivity index (χ4n) is 2.36. The van der Waals surface area contributed by atoms with Gasteiger partial charge in [-0.05, 0) is 46.1 Å². The number of thiazole rings is 1. The topological polar surface area (TPSA) is 34.2 Å². The van der Waals surface area contributed by atoms with Gasteiger partial charge in [0, 0.05) is 24.1 Å². The van der Waals surface area contributed by atoms with Crippen LogP contribution < -0.4 is 5.32 Å². The highest BCUT2D eigenvalue weighted by atomic mass is 32.1. The van der Waals surface area contributed by atoms with Crippen molar-refractivity contribution in [3.8, 4) is 0 Å². The Balaban J connectivity index is 1.76. The number of hydrogen-bond acceptors (Lipinski definition) is 4. The van der Waals surface area contributed by atoms with Crippen LogP contribution >= 0.6 is 11.3 Å². The monoisotopic (exact) mass is 254 g/mol. The molecule has 1 aromatic rings. The summed E-state index contributed by atoms with van der Waals surface area (Å²) < 4.78 is 5.38. The Labute approximate surface area is 108 Å². The van der Waals surface area contributed by atoms with Crippen molar-refractivity contribution in [2.24, 2.45) is 5.92 Å². The van der Waals surface area contributed by atoms with Gasteiger partial charge in [-0.1, -0.05) is 0 Å². The van der Waals surface area contributed by atoms with Crippen LogP contribution in [0.15, 0.2) is 0 Å². The van der Waals surface area contributed by atoms with E-state index in [0.717, 1.165) is 30.7 Å². The Hall–Kier alpha value is -0.450. The fraction of sp³-hybridized carbons (Fsp3) is 0.769. The highest BCUT2D eigenvalue weighted by Gasteiger charge is 2.16. The van der Waals surface area contributed by atoms with E-state index in [4.69, 9.17) is 4.74 Å². The lowest BCUT2D eigenvalue weighted by atomic mass is 10.1. The van der Waals surface area contributed by atoms with E-state index < -0.39 is 0 Å². The Morgan fingerprint density at radius 3 is 2.94 bits per heavy atom. The van der Waals surface area contributed by atoms with Crippen molar-refractivity contribution < 1.29 is 4.74 Å². The summed E-state index contributed by atoms with van der Waals surface area (Å²) in [6.45, 7) is 9.39. The van der Waals surface area contributed by atoms with E-state index in [1.54, 1.807) is 11.3 Å². The second-order valence-corrected chi connectivity index (χ2v) is 6.28.